The van der Waals surface area contributed by atoms with Crippen molar-refractivity contribution in [2.24, 2.45) is 0 Å². The van der Waals surface area contributed by atoms with E-state index in [9.17, 15) is 13.2 Å². The number of nitrogens with zero attached hydrogens (tertiary/aromatic N) is 2. The summed E-state index contributed by atoms with van der Waals surface area (Å²) < 4.78 is 26.8. The third-order valence-corrected chi connectivity index (χ3v) is 7.35. The number of carbonyl (C=O) groups excluding carboxylic acids is 1. The monoisotopic (exact) mass is 455 g/mol. The summed E-state index contributed by atoms with van der Waals surface area (Å²) in [5.74, 6) is -0.192. The maximum Gasteiger partial charge on any atom is 0.234 e. The number of hydrogen-bond donors (Lipinski definition) is 1. The summed E-state index contributed by atoms with van der Waals surface area (Å²) in [6, 6.07) is 14.5. The van der Waals surface area contributed by atoms with Crippen molar-refractivity contribution in [3.05, 3.63) is 69.7 Å². The molecule has 1 heterocycles. The molecular weight excluding hydrogens is 433 g/mol. The predicted octanol–water partition coefficient (Wildman–Crippen LogP) is 2.76. The molecular formula is C20H23Cl2N3O3S. The Morgan fingerprint density at radius 2 is 1.62 bits per heavy atom. The molecule has 1 amide bonds. The predicted molar refractivity (Wildman–Crippen MR) is 115 cm³/mol. The third kappa shape index (κ3) is 6.42. The summed E-state index contributed by atoms with van der Waals surface area (Å²) in [7, 11) is -3.46. The molecule has 0 spiro atoms. The molecule has 1 aliphatic rings. The number of amides is 1. The van der Waals surface area contributed by atoms with Crippen LogP contribution in [0.1, 0.15) is 11.1 Å². The first kappa shape index (κ1) is 22.1. The summed E-state index contributed by atoms with van der Waals surface area (Å²) >= 11 is 11.9. The Bertz CT molecular complexity index is 947. The number of rotatable bonds is 7. The lowest BCUT2D eigenvalue weighted by molar-refractivity contribution is -0.122. The average molecular weight is 456 g/mol. The minimum Gasteiger partial charge on any atom is -0.351 e. The number of piperazine rings is 1. The SMILES string of the molecule is O=C(CN1CCN(S(=O)(=O)Cc2ccc(Cl)c(Cl)c2)CC1)NCc1ccccc1. The second kappa shape index (κ2) is 9.91. The second-order valence-electron chi connectivity index (χ2n) is 6.94. The Morgan fingerprint density at radius 3 is 2.28 bits per heavy atom. The van der Waals surface area contributed by atoms with Crippen molar-refractivity contribution < 1.29 is 13.2 Å². The Balaban J connectivity index is 1.46. The third-order valence-electron chi connectivity index (χ3n) is 4.76. The highest BCUT2D eigenvalue weighted by Gasteiger charge is 2.28. The molecule has 2 aromatic carbocycles. The minimum absolute atomic E-state index is 0.0685. The zero-order valence-corrected chi connectivity index (χ0v) is 18.2. The molecule has 0 unspecified atom stereocenters. The Labute approximate surface area is 181 Å². The topological polar surface area (TPSA) is 69.7 Å². The highest BCUT2D eigenvalue weighted by atomic mass is 35.5. The van der Waals surface area contributed by atoms with E-state index in [0.29, 0.717) is 48.3 Å². The van der Waals surface area contributed by atoms with Crippen molar-refractivity contribution in [3.8, 4) is 0 Å². The normalized spacial score (nSPS) is 15.9. The van der Waals surface area contributed by atoms with Crippen LogP contribution in [-0.4, -0.2) is 56.3 Å². The van der Waals surface area contributed by atoms with Gasteiger partial charge in [-0.05, 0) is 23.3 Å². The summed E-state index contributed by atoms with van der Waals surface area (Å²) in [5, 5.41) is 3.63. The quantitative estimate of drug-likeness (QED) is 0.696. The first-order valence-corrected chi connectivity index (χ1v) is 11.6. The number of nitrogens with one attached hydrogen (secondary N) is 1. The van der Waals surface area contributed by atoms with Gasteiger partial charge < -0.3 is 5.32 Å². The minimum atomic E-state index is -3.46. The summed E-state index contributed by atoms with van der Waals surface area (Å²) in [5.41, 5.74) is 1.64. The number of halogens is 2. The van der Waals surface area contributed by atoms with Gasteiger partial charge in [0.1, 0.15) is 0 Å². The maximum absolute atomic E-state index is 12.7. The molecule has 2 aromatic rings. The van der Waals surface area contributed by atoms with E-state index in [1.807, 2.05) is 35.2 Å². The fraction of sp³-hybridized carbons (Fsp3) is 0.350. The standard InChI is InChI=1S/C20H23Cl2N3O3S/c21-18-7-6-17(12-19(18)22)15-29(27,28)25-10-8-24(9-11-25)14-20(26)23-13-16-4-2-1-3-5-16/h1-7,12H,8-11,13-15H2,(H,23,26). The fourth-order valence-electron chi connectivity index (χ4n) is 3.15. The highest BCUT2D eigenvalue weighted by molar-refractivity contribution is 7.88. The molecule has 0 radical (unpaired) electrons. The lowest BCUT2D eigenvalue weighted by Crippen LogP contribution is -2.51. The first-order valence-electron chi connectivity index (χ1n) is 9.28. The van der Waals surface area contributed by atoms with Crippen molar-refractivity contribution in [2.75, 3.05) is 32.7 Å². The summed E-state index contributed by atoms with van der Waals surface area (Å²) in [6.07, 6.45) is 0. The van der Waals surface area contributed by atoms with Gasteiger partial charge in [-0.15, -0.1) is 0 Å². The van der Waals surface area contributed by atoms with Crippen LogP contribution in [0.2, 0.25) is 10.0 Å². The molecule has 1 N–H and O–H groups in total. The van der Waals surface area contributed by atoms with E-state index in [1.165, 1.54) is 4.31 Å². The molecule has 0 aromatic heterocycles. The molecule has 0 aliphatic carbocycles. The number of carbonyl (C=O) groups is 1. The molecule has 156 valence electrons. The van der Waals surface area contributed by atoms with E-state index < -0.39 is 10.0 Å². The van der Waals surface area contributed by atoms with Gasteiger partial charge in [0, 0.05) is 32.7 Å². The second-order valence-corrected chi connectivity index (χ2v) is 9.73. The van der Waals surface area contributed by atoms with Crippen LogP contribution >= 0.6 is 23.2 Å². The van der Waals surface area contributed by atoms with Crippen molar-refractivity contribution in [3.63, 3.8) is 0 Å². The van der Waals surface area contributed by atoms with Gasteiger partial charge in [-0.1, -0.05) is 59.6 Å². The highest BCUT2D eigenvalue weighted by Crippen LogP contribution is 2.24. The van der Waals surface area contributed by atoms with Gasteiger partial charge in [0.05, 0.1) is 22.3 Å². The molecule has 1 saturated heterocycles. The van der Waals surface area contributed by atoms with Gasteiger partial charge in [-0.3, -0.25) is 9.69 Å². The van der Waals surface area contributed by atoms with Crippen molar-refractivity contribution in [1.29, 1.82) is 0 Å². The van der Waals surface area contributed by atoms with Crippen molar-refractivity contribution in [2.45, 2.75) is 12.3 Å². The lowest BCUT2D eigenvalue weighted by atomic mass is 10.2. The van der Waals surface area contributed by atoms with Crippen molar-refractivity contribution in [1.82, 2.24) is 14.5 Å². The molecule has 3 rings (SSSR count). The van der Waals surface area contributed by atoms with E-state index in [0.717, 1.165) is 5.56 Å². The summed E-state index contributed by atoms with van der Waals surface area (Å²) in [4.78, 5) is 14.1. The van der Waals surface area contributed by atoms with Gasteiger partial charge >= 0.3 is 0 Å². The van der Waals surface area contributed by atoms with Gasteiger partial charge in [0.2, 0.25) is 15.9 Å². The maximum atomic E-state index is 12.7. The van der Waals surface area contributed by atoms with E-state index in [4.69, 9.17) is 23.2 Å². The van der Waals surface area contributed by atoms with E-state index in [-0.39, 0.29) is 18.2 Å². The van der Waals surface area contributed by atoms with E-state index in [2.05, 4.69) is 5.32 Å². The zero-order chi connectivity index (χ0) is 20.9. The Kier molecular flexibility index (Phi) is 7.54. The lowest BCUT2D eigenvalue weighted by Gasteiger charge is -2.33. The first-order chi connectivity index (χ1) is 13.8. The van der Waals surface area contributed by atoms with Crippen LogP contribution < -0.4 is 5.32 Å². The van der Waals surface area contributed by atoms with Crippen LogP contribution in [0.5, 0.6) is 0 Å². The molecule has 0 atom stereocenters. The number of sulfonamides is 1. The zero-order valence-electron chi connectivity index (χ0n) is 15.9. The molecule has 1 aliphatic heterocycles. The smallest absolute Gasteiger partial charge is 0.234 e. The number of benzene rings is 2. The van der Waals surface area contributed by atoms with Crippen LogP contribution in [-0.2, 0) is 27.1 Å². The molecule has 29 heavy (non-hydrogen) atoms. The van der Waals surface area contributed by atoms with Gasteiger partial charge in [-0.25, -0.2) is 8.42 Å². The molecule has 0 bridgehead atoms. The average Bonchev–Trinajstić information content (AvgIpc) is 2.70. The van der Waals surface area contributed by atoms with Gasteiger partial charge in [0.15, 0.2) is 0 Å². The summed E-state index contributed by atoms with van der Waals surface area (Å²) in [6.45, 7) is 2.48. The number of hydrogen-bond acceptors (Lipinski definition) is 4. The van der Waals surface area contributed by atoms with Crippen LogP contribution in [0.4, 0.5) is 0 Å². The van der Waals surface area contributed by atoms with E-state index in [1.54, 1.807) is 18.2 Å². The van der Waals surface area contributed by atoms with Crippen LogP contribution in [0.25, 0.3) is 0 Å². The van der Waals surface area contributed by atoms with Gasteiger partial charge in [0.25, 0.3) is 0 Å². The van der Waals surface area contributed by atoms with Crippen LogP contribution in [0, 0.1) is 0 Å². The molecule has 1 fully saturated rings. The fourth-order valence-corrected chi connectivity index (χ4v) is 4.98. The Hall–Kier alpha value is -1.64. The van der Waals surface area contributed by atoms with E-state index >= 15 is 0 Å². The Morgan fingerprint density at radius 1 is 0.931 bits per heavy atom. The largest absolute Gasteiger partial charge is 0.351 e. The van der Waals surface area contributed by atoms with Crippen LogP contribution in [0.3, 0.4) is 0 Å². The molecule has 6 nitrogen and oxygen atoms in total. The molecule has 0 saturated carbocycles. The van der Waals surface area contributed by atoms with Crippen molar-refractivity contribution >= 4 is 39.1 Å². The molecule has 9 heteroatoms. The van der Waals surface area contributed by atoms with Crippen LogP contribution in [0.15, 0.2) is 48.5 Å². The van der Waals surface area contributed by atoms with Gasteiger partial charge in [-0.2, -0.15) is 4.31 Å².